The molecule has 0 aliphatic rings. The number of carboxylic acid groups (broad SMARTS) is 1. The third-order valence-corrected chi connectivity index (χ3v) is 4.85. The molecular formula is C17H20N2O4S. The topological polar surface area (TPSA) is 88.4 Å². The Morgan fingerprint density at radius 3 is 2.46 bits per heavy atom. The largest absolute Gasteiger partial charge is 0.480 e. The predicted octanol–water partition coefficient (Wildman–Crippen LogP) is 1.73. The lowest BCUT2D eigenvalue weighted by atomic mass is 10.1. The van der Waals surface area contributed by atoms with Crippen molar-refractivity contribution in [2.24, 2.45) is 0 Å². The molecule has 0 saturated carbocycles. The molecule has 0 saturated heterocycles. The van der Waals surface area contributed by atoms with E-state index in [2.05, 4.69) is 5.32 Å². The van der Waals surface area contributed by atoms with Crippen LogP contribution in [-0.4, -0.2) is 27.6 Å². The first kappa shape index (κ1) is 17.9. The highest BCUT2D eigenvalue weighted by molar-refractivity contribution is 7.09. The summed E-state index contributed by atoms with van der Waals surface area (Å²) in [5.74, 6) is -1.46. The van der Waals surface area contributed by atoms with Crippen LogP contribution in [0.5, 0.6) is 0 Å². The molecule has 24 heavy (non-hydrogen) atoms. The van der Waals surface area contributed by atoms with Gasteiger partial charge in [0.2, 0.25) is 5.91 Å². The van der Waals surface area contributed by atoms with E-state index < -0.39 is 12.0 Å². The average Bonchev–Trinajstić information content (AvgIpc) is 2.78. The van der Waals surface area contributed by atoms with E-state index in [0.29, 0.717) is 0 Å². The summed E-state index contributed by atoms with van der Waals surface area (Å²) in [6.45, 7) is 3.94. The van der Waals surface area contributed by atoms with Gasteiger partial charge in [0, 0.05) is 30.0 Å². The number of thiazole rings is 1. The number of rotatable bonds is 7. The molecule has 0 aliphatic heterocycles. The van der Waals surface area contributed by atoms with Gasteiger partial charge >= 0.3 is 10.8 Å². The molecule has 7 heteroatoms. The number of amides is 1. The van der Waals surface area contributed by atoms with Crippen LogP contribution >= 0.6 is 11.3 Å². The number of hydrogen-bond donors (Lipinski definition) is 2. The summed E-state index contributed by atoms with van der Waals surface area (Å²) in [6, 6.07) is 8.15. The van der Waals surface area contributed by atoms with E-state index in [0.717, 1.165) is 27.5 Å². The molecule has 6 nitrogen and oxygen atoms in total. The molecule has 128 valence electrons. The Morgan fingerprint density at radius 2 is 1.92 bits per heavy atom. The lowest BCUT2D eigenvalue weighted by Crippen LogP contribution is -2.42. The van der Waals surface area contributed by atoms with E-state index >= 15 is 0 Å². The van der Waals surface area contributed by atoms with E-state index in [1.165, 1.54) is 0 Å². The number of hydrogen-bond acceptors (Lipinski definition) is 4. The summed E-state index contributed by atoms with van der Waals surface area (Å²) in [5.41, 5.74) is 1.68. The Balaban J connectivity index is 1.96. The van der Waals surface area contributed by atoms with Gasteiger partial charge in [-0.25, -0.2) is 4.79 Å². The minimum Gasteiger partial charge on any atom is -0.480 e. The van der Waals surface area contributed by atoms with E-state index in [1.54, 1.807) is 4.57 Å². The number of benzene rings is 1. The van der Waals surface area contributed by atoms with Gasteiger partial charge in [0.1, 0.15) is 6.04 Å². The van der Waals surface area contributed by atoms with Crippen molar-refractivity contribution in [1.82, 2.24) is 9.88 Å². The second-order valence-corrected chi connectivity index (χ2v) is 6.73. The number of carboxylic acids is 1. The molecular weight excluding hydrogens is 328 g/mol. The van der Waals surface area contributed by atoms with E-state index in [1.807, 2.05) is 44.2 Å². The third kappa shape index (κ3) is 4.55. The highest BCUT2D eigenvalue weighted by Crippen LogP contribution is 2.10. The maximum Gasteiger partial charge on any atom is 0.326 e. The molecule has 1 atom stereocenters. The van der Waals surface area contributed by atoms with Crippen molar-refractivity contribution in [3.63, 3.8) is 0 Å². The van der Waals surface area contributed by atoms with Gasteiger partial charge in [-0.3, -0.25) is 9.59 Å². The van der Waals surface area contributed by atoms with Crippen molar-refractivity contribution in [3.8, 4) is 0 Å². The fourth-order valence-corrected chi connectivity index (χ4v) is 3.23. The summed E-state index contributed by atoms with van der Waals surface area (Å²) in [6.07, 6.45) is 0.286. The molecule has 2 N–H and O–H groups in total. The van der Waals surface area contributed by atoms with Crippen LogP contribution in [0.15, 0.2) is 35.1 Å². The Hall–Kier alpha value is -2.41. The first-order valence-electron chi connectivity index (χ1n) is 7.61. The molecule has 0 unspecified atom stereocenters. The Bertz CT molecular complexity index is 780. The fourth-order valence-electron chi connectivity index (χ4n) is 2.38. The first-order valence-corrected chi connectivity index (χ1v) is 8.43. The van der Waals surface area contributed by atoms with Crippen molar-refractivity contribution >= 4 is 23.2 Å². The second kappa shape index (κ2) is 7.92. The van der Waals surface area contributed by atoms with Gasteiger partial charge in [-0.15, -0.1) is 0 Å². The van der Waals surface area contributed by atoms with Crippen molar-refractivity contribution in [2.45, 2.75) is 39.3 Å². The minimum atomic E-state index is -1.08. The number of aromatic nitrogens is 1. The fraction of sp³-hybridized carbons (Fsp3) is 0.353. The summed E-state index contributed by atoms with van der Waals surface area (Å²) in [5, 5.41) is 11.8. The zero-order valence-corrected chi connectivity index (χ0v) is 14.4. The quantitative estimate of drug-likeness (QED) is 0.797. The summed E-state index contributed by atoms with van der Waals surface area (Å²) in [7, 11) is 0. The summed E-state index contributed by atoms with van der Waals surface area (Å²) in [4.78, 5) is 36.0. The predicted molar refractivity (Wildman–Crippen MR) is 92.4 cm³/mol. The van der Waals surface area contributed by atoms with Crippen LogP contribution in [0.3, 0.4) is 0 Å². The molecule has 2 aromatic rings. The Morgan fingerprint density at radius 1 is 1.25 bits per heavy atom. The number of carbonyl (C=O) groups excluding carboxylic acids is 1. The molecule has 1 heterocycles. The Labute approximate surface area is 143 Å². The standard InChI is InChI=1S/C17H20N2O4S/c1-11-12(2)24-17(23)19(11)9-8-15(20)18-14(16(21)22)10-13-6-4-3-5-7-13/h3-7,14H,8-10H2,1-2H3,(H,18,20)(H,21,22)/t14-/m1/s1. The summed E-state index contributed by atoms with van der Waals surface area (Å²) < 4.78 is 1.55. The first-order chi connectivity index (χ1) is 11.4. The SMILES string of the molecule is Cc1sc(=O)n(CCC(=O)N[C@H](Cc2ccccc2)C(=O)O)c1C. The van der Waals surface area contributed by atoms with Crippen LogP contribution in [0.1, 0.15) is 22.6 Å². The molecule has 0 radical (unpaired) electrons. The molecule has 0 fully saturated rings. The van der Waals surface area contributed by atoms with Crippen molar-refractivity contribution < 1.29 is 14.7 Å². The van der Waals surface area contributed by atoms with Gasteiger partial charge in [0.05, 0.1) is 0 Å². The smallest absolute Gasteiger partial charge is 0.326 e. The number of carbonyl (C=O) groups is 2. The number of aliphatic carboxylic acids is 1. The zero-order valence-electron chi connectivity index (χ0n) is 13.6. The maximum atomic E-state index is 12.1. The maximum absolute atomic E-state index is 12.1. The number of aryl methyl sites for hydroxylation is 1. The van der Waals surface area contributed by atoms with Crippen LogP contribution in [0.4, 0.5) is 0 Å². The minimum absolute atomic E-state index is 0.0650. The monoisotopic (exact) mass is 348 g/mol. The van der Waals surface area contributed by atoms with E-state index in [-0.39, 0.29) is 30.2 Å². The van der Waals surface area contributed by atoms with E-state index in [9.17, 15) is 19.5 Å². The van der Waals surface area contributed by atoms with Crippen molar-refractivity contribution in [1.29, 1.82) is 0 Å². The normalized spacial score (nSPS) is 11.9. The van der Waals surface area contributed by atoms with Crippen LogP contribution in [-0.2, 0) is 22.6 Å². The molecule has 2 rings (SSSR count). The lowest BCUT2D eigenvalue weighted by Gasteiger charge is -2.15. The van der Waals surface area contributed by atoms with Crippen molar-refractivity contribution in [3.05, 3.63) is 56.1 Å². The van der Waals surface area contributed by atoms with Crippen LogP contribution in [0.25, 0.3) is 0 Å². The Kier molecular flexibility index (Phi) is 5.92. The van der Waals surface area contributed by atoms with Crippen LogP contribution in [0.2, 0.25) is 0 Å². The van der Waals surface area contributed by atoms with Gasteiger partial charge < -0.3 is 15.0 Å². The zero-order chi connectivity index (χ0) is 17.7. The molecule has 1 aromatic heterocycles. The summed E-state index contributed by atoms with van der Waals surface area (Å²) >= 11 is 1.15. The van der Waals surface area contributed by atoms with Gasteiger partial charge in [0.25, 0.3) is 0 Å². The number of nitrogens with one attached hydrogen (secondary N) is 1. The molecule has 1 aromatic carbocycles. The van der Waals surface area contributed by atoms with Gasteiger partial charge in [-0.1, -0.05) is 41.7 Å². The molecule has 1 amide bonds. The highest BCUT2D eigenvalue weighted by Gasteiger charge is 2.20. The van der Waals surface area contributed by atoms with Crippen LogP contribution in [0, 0.1) is 13.8 Å². The lowest BCUT2D eigenvalue weighted by molar-refractivity contribution is -0.141. The highest BCUT2D eigenvalue weighted by atomic mass is 32.1. The number of nitrogens with zero attached hydrogens (tertiary/aromatic N) is 1. The average molecular weight is 348 g/mol. The van der Waals surface area contributed by atoms with Crippen LogP contribution < -0.4 is 10.2 Å². The van der Waals surface area contributed by atoms with Gasteiger partial charge in [-0.05, 0) is 19.4 Å². The molecule has 0 aliphatic carbocycles. The second-order valence-electron chi connectivity index (χ2n) is 5.56. The van der Waals surface area contributed by atoms with E-state index in [4.69, 9.17) is 0 Å². The van der Waals surface area contributed by atoms with Gasteiger partial charge in [-0.2, -0.15) is 0 Å². The molecule has 0 spiro atoms. The van der Waals surface area contributed by atoms with Crippen molar-refractivity contribution in [2.75, 3.05) is 0 Å². The van der Waals surface area contributed by atoms with Gasteiger partial charge in [0.15, 0.2) is 0 Å². The molecule has 0 bridgehead atoms. The third-order valence-electron chi connectivity index (χ3n) is 3.85.